The van der Waals surface area contributed by atoms with Gasteiger partial charge in [0.25, 0.3) is 0 Å². The highest BCUT2D eigenvalue weighted by Crippen LogP contribution is 2.24. The fourth-order valence-corrected chi connectivity index (χ4v) is 2.53. The molecule has 1 N–H and O–H groups in total. The van der Waals surface area contributed by atoms with E-state index in [1.807, 2.05) is 34.0 Å². The van der Waals surface area contributed by atoms with Crippen molar-refractivity contribution in [3.63, 3.8) is 0 Å². The summed E-state index contributed by atoms with van der Waals surface area (Å²) in [6, 6.07) is 0.0123. The first-order valence-corrected chi connectivity index (χ1v) is 7.24. The van der Waals surface area contributed by atoms with Gasteiger partial charge >= 0.3 is 0 Å². The van der Waals surface area contributed by atoms with Gasteiger partial charge in [0.05, 0.1) is 35.8 Å². The molecule has 0 spiro atoms. The van der Waals surface area contributed by atoms with Crippen molar-refractivity contribution in [2.24, 2.45) is 0 Å². The second kappa shape index (κ2) is 6.01. The Kier molecular flexibility index (Phi) is 3.92. The minimum atomic E-state index is 0.0123. The van der Waals surface area contributed by atoms with Crippen molar-refractivity contribution >= 4 is 5.52 Å². The van der Waals surface area contributed by atoms with Gasteiger partial charge in [-0.1, -0.05) is 19.1 Å². The molecule has 110 valence electrons. The molecule has 3 heterocycles. The molecule has 3 rings (SSSR count). The van der Waals surface area contributed by atoms with Crippen LogP contribution in [0, 0.1) is 0 Å². The van der Waals surface area contributed by atoms with E-state index in [1.165, 1.54) is 0 Å². The van der Waals surface area contributed by atoms with E-state index in [-0.39, 0.29) is 6.04 Å². The average molecular weight is 285 g/mol. The molecular formula is C14H19N7. The molecule has 1 atom stereocenters. The van der Waals surface area contributed by atoms with Gasteiger partial charge in [-0.3, -0.25) is 4.98 Å². The van der Waals surface area contributed by atoms with E-state index in [4.69, 9.17) is 0 Å². The van der Waals surface area contributed by atoms with E-state index in [9.17, 15) is 0 Å². The van der Waals surface area contributed by atoms with Crippen molar-refractivity contribution in [1.29, 1.82) is 0 Å². The zero-order valence-electron chi connectivity index (χ0n) is 12.3. The fourth-order valence-electron chi connectivity index (χ4n) is 2.53. The molecular weight excluding hydrogens is 266 g/mol. The van der Waals surface area contributed by atoms with Crippen LogP contribution in [0.1, 0.15) is 37.6 Å². The van der Waals surface area contributed by atoms with Crippen molar-refractivity contribution in [1.82, 2.24) is 34.9 Å². The SMILES string of the molecule is CCCn1nncc1C(NCC)c1cnn2ccncc12. The van der Waals surface area contributed by atoms with Crippen molar-refractivity contribution in [3.8, 4) is 0 Å². The standard InChI is InChI=1S/C14H19N7/c1-3-6-21-13(10-17-19-21)14(16-4-2)11-8-18-20-7-5-15-9-12(11)20/h5,7-10,14,16H,3-4,6H2,1-2H3. The molecule has 0 aromatic carbocycles. The lowest BCUT2D eigenvalue weighted by atomic mass is 10.1. The Bertz CT molecular complexity index is 715. The Labute approximate surface area is 123 Å². The summed E-state index contributed by atoms with van der Waals surface area (Å²) in [5, 5.41) is 16.1. The zero-order valence-corrected chi connectivity index (χ0v) is 12.3. The van der Waals surface area contributed by atoms with E-state index in [1.54, 1.807) is 6.20 Å². The van der Waals surface area contributed by atoms with Crippen LogP contribution in [0.2, 0.25) is 0 Å². The van der Waals surface area contributed by atoms with Gasteiger partial charge in [-0.05, 0) is 13.0 Å². The normalized spacial score (nSPS) is 12.9. The number of nitrogens with one attached hydrogen (secondary N) is 1. The summed E-state index contributed by atoms with van der Waals surface area (Å²) in [4.78, 5) is 4.20. The molecule has 7 nitrogen and oxygen atoms in total. The van der Waals surface area contributed by atoms with Crippen LogP contribution in [0.3, 0.4) is 0 Å². The lowest BCUT2D eigenvalue weighted by Crippen LogP contribution is -2.25. The molecule has 0 amide bonds. The molecule has 3 aromatic heterocycles. The number of aromatic nitrogens is 6. The van der Waals surface area contributed by atoms with Crippen LogP contribution >= 0.6 is 0 Å². The van der Waals surface area contributed by atoms with Crippen molar-refractivity contribution < 1.29 is 0 Å². The molecule has 21 heavy (non-hydrogen) atoms. The number of aryl methyl sites for hydroxylation is 1. The van der Waals surface area contributed by atoms with Crippen molar-refractivity contribution in [3.05, 3.63) is 42.2 Å². The summed E-state index contributed by atoms with van der Waals surface area (Å²) in [5.74, 6) is 0. The minimum Gasteiger partial charge on any atom is -0.305 e. The Morgan fingerprint density at radius 3 is 2.95 bits per heavy atom. The third-order valence-electron chi connectivity index (χ3n) is 3.45. The highest BCUT2D eigenvalue weighted by molar-refractivity contribution is 5.55. The molecule has 0 aliphatic rings. The average Bonchev–Trinajstić information content (AvgIpc) is 3.12. The minimum absolute atomic E-state index is 0.0123. The zero-order chi connectivity index (χ0) is 14.7. The number of nitrogens with zero attached hydrogens (tertiary/aromatic N) is 6. The molecule has 0 bridgehead atoms. The summed E-state index contributed by atoms with van der Waals surface area (Å²) >= 11 is 0. The van der Waals surface area contributed by atoms with Gasteiger partial charge in [0.2, 0.25) is 0 Å². The van der Waals surface area contributed by atoms with Gasteiger partial charge in [0, 0.05) is 24.5 Å². The van der Waals surface area contributed by atoms with Gasteiger partial charge in [-0.2, -0.15) is 5.10 Å². The van der Waals surface area contributed by atoms with Crippen LogP contribution in [-0.2, 0) is 6.54 Å². The lowest BCUT2D eigenvalue weighted by molar-refractivity contribution is 0.513. The van der Waals surface area contributed by atoms with Gasteiger partial charge in [-0.15, -0.1) is 5.10 Å². The van der Waals surface area contributed by atoms with E-state index < -0.39 is 0 Å². The predicted molar refractivity (Wildman–Crippen MR) is 78.8 cm³/mol. The van der Waals surface area contributed by atoms with Gasteiger partial charge in [-0.25, -0.2) is 9.20 Å². The van der Waals surface area contributed by atoms with E-state index in [0.29, 0.717) is 0 Å². The van der Waals surface area contributed by atoms with E-state index in [0.717, 1.165) is 36.3 Å². The summed E-state index contributed by atoms with van der Waals surface area (Å²) in [5.41, 5.74) is 3.13. The molecule has 0 saturated heterocycles. The van der Waals surface area contributed by atoms with Crippen LogP contribution in [-0.4, -0.2) is 36.1 Å². The second-order valence-corrected chi connectivity index (χ2v) is 4.88. The Morgan fingerprint density at radius 2 is 2.14 bits per heavy atom. The topological polar surface area (TPSA) is 72.9 Å². The van der Waals surface area contributed by atoms with Crippen molar-refractivity contribution in [2.45, 2.75) is 32.9 Å². The largest absolute Gasteiger partial charge is 0.305 e. The smallest absolute Gasteiger partial charge is 0.0896 e. The van der Waals surface area contributed by atoms with Crippen LogP contribution in [0.4, 0.5) is 0 Å². The first-order valence-electron chi connectivity index (χ1n) is 7.24. The monoisotopic (exact) mass is 285 g/mol. The van der Waals surface area contributed by atoms with Crippen LogP contribution in [0.5, 0.6) is 0 Å². The highest BCUT2D eigenvalue weighted by Gasteiger charge is 2.21. The summed E-state index contributed by atoms with van der Waals surface area (Å²) < 4.78 is 3.79. The second-order valence-electron chi connectivity index (χ2n) is 4.88. The highest BCUT2D eigenvalue weighted by atomic mass is 15.4. The molecule has 0 fully saturated rings. The van der Waals surface area contributed by atoms with Gasteiger partial charge < -0.3 is 5.32 Å². The molecule has 0 aliphatic heterocycles. The Hall–Kier alpha value is -2.28. The molecule has 3 aromatic rings. The third-order valence-corrected chi connectivity index (χ3v) is 3.45. The molecule has 0 aliphatic carbocycles. The number of hydrogen-bond donors (Lipinski definition) is 1. The number of fused-ring (bicyclic) bond motifs is 1. The van der Waals surface area contributed by atoms with Crippen molar-refractivity contribution in [2.75, 3.05) is 6.54 Å². The maximum absolute atomic E-state index is 4.39. The van der Waals surface area contributed by atoms with Gasteiger partial charge in [0.15, 0.2) is 0 Å². The first kappa shape index (κ1) is 13.7. The first-order chi connectivity index (χ1) is 10.3. The number of hydrogen-bond acceptors (Lipinski definition) is 5. The molecule has 0 saturated carbocycles. The van der Waals surface area contributed by atoms with Crippen LogP contribution in [0.25, 0.3) is 5.52 Å². The fraction of sp³-hybridized carbons (Fsp3) is 0.429. The Morgan fingerprint density at radius 1 is 1.24 bits per heavy atom. The Balaban J connectivity index is 2.07. The molecule has 1 unspecified atom stereocenters. The quantitative estimate of drug-likeness (QED) is 0.741. The predicted octanol–water partition coefficient (Wildman–Crippen LogP) is 1.43. The maximum Gasteiger partial charge on any atom is 0.0896 e. The molecule has 0 radical (unpaired) electrons. The summed E-state index contributed by atoms with van der Waals surface area (Å²) in [6.45, 7) is 5.92. The van der Waals surface area contributed by atoms with E-state index in [2.05, 4.69) is 39.6 Å². The third kappa shape index (κ3) is 2.52. The maximum atomic E-state index is 4.39. The van der Waals surface area contributed by atoms with E-state index >= 15 is 0 Å². The van der Waals surface area contributed by atoms with Crippen LogP contribution < -0.4 is 5.32 Å². The summed E-state index contributed by atoms with van der Waals surface area (Å²) in [6.07, 6.45) is 10.1. The lowest BCUT2D eigenvalue weighted by Gasteiger charge is -2.17. The summed E-state index contributed by atoms with van der Waals surface area (Å²) in [7, 11) is 0. The van der Waals surface area contributed by atoms with Gasteiger partial charge in [0.1, 0.15) is 0 Å². The number of rotatable bonds is 6. The van der Waals surface area contributed by atoms with Crippen LogP contribution in [0.15, 0.2) is 31.0 Å². The molecule has 7 heteroatoms.